The fraction of sp³-hybridized carbons (Fsp3) is 0.263. The van der Waals surface area contributed by atoms with Gasteiger partial charge in [-0.25, -0.2) is 0 Å². The maximum absolute atomic E-state index is 12.5. The minimum absolute atomic E-state index is 0.221. The lowest BCUT2D eigenvalue weighted by atomic mass is 10.1. The Kier molecular flexibility index (Phi) is 8.29. The first-order valence-electron chi connectivity index (χ1n) is 8.07. The Labute approximate surface area is 167 Å². The summed E-state index contributed by atoms with van der Waals surface area (Å²) in [5.41, 5.74) is 1.29. The number of benzene rings is 2. The van der Waals surface area contributed by atoms with Gasteiger partial charge in [-0.3, -0.25) is 9.59 Å². The molecular weight excluding hydrogens is 391 g/mol. The lowest BCUT2D eigenvalue weighted by Crippen LogP contribution is -2.47. The molecule has 0 spiro atoms. The molecule has 1 atom stereocenters. The average molecular weight is 411 g/mol. The van der Waals surface area contributed by atoms with E-state index in [1.807, 2.05) is 36.6 Å². The molecule has 1 unspecified atom stereocenters. The summed E-state index contributed by atoms with van der Waals surface area (Å²) in [4.78, 5) is 25.0. The zero-order valence-corrected chi connectivity index (χ0v) is 16.6. The molecule has 0 aliphatic heterocycles. The maximum atomic E-state index is 12.5. The minimum atomic E-state index is -0.634. The molecule has 7 heteroatoms. The fourth-order valence-electron chi connectivity index (χ4n) is 2.32. The summed E-state index contributed by atoms with van der Waals surface area (Å²) in [5.74, 6) is 0.131. The van der Waals surface area contributed by atoms with Crippen LogP contribution >= 0.6 is 35.0 Å². The quantitative estimate of drug-likeness (QED) is 0.686. The van der Waals surface area contributed by atoms with E-state index in [0.717, 1.165) is 11.3 Å². The normalized spacial score (nSPS) is 11.7. The van der Waals surface area contributed by atoms with Crippen LogP contribution in [0.2, 0.25) is 10.0 Å². The van der Waals surface area contributed by atoms with Crippen LogP contribution < -0.4 is 10.6 Å². The van der Waals surface area contributed by atoms with Gasteiger partial charge in [0, 0.05) is 11.6 Å². The second-order valence-electron chi connectivity index (χ2n) is 5.64. The summed E-state index contributed by atoms with van der Waals surface area (Å²) in [7, 11) is 0. The molecule has 0 aliphatic carbocycles. The maximum Gasteiger partial charge on any atom is 0.253 e. The summed E-state index contributed by atoms with van der Waals surface area (Å²) in [6, 6.07) is 13.6. The average Bonchev–Trinajstić information content (AvgIpc) is 2.63. The topological polar surface area (TPSA) is 58.2 Å². The third-order valence-electron chi connectivity index (χ3n) is 3.72. The van der Waals surface area contributed by atoms with Crippen molar-refractivity contribution in [1.82, 2.24) is 10.6 Å². The Balaban J connectivity index is 2.03. The van der Waals surface area contributed by atoms with E-state index in [1.54, 1.807) is 23.9 Å². The van der Waals surface area contributed by atoms with Gasteiger partial charge in [0.05, 0.1) is 10.6 Å². The van der Waals surface area contributed by atoms with Gasteiger partial charge in [0.1, 0.15) is 6.04 Å². The molecule has 2 amide bonds. The second-order valence-corrected chi connectivity index (χ2v) is 7.46. The molecule has 0 fully saturated rings. The molecule has 0 radical (unpaired) electrons. The van der Waals surface area contributed by atoms with E-state index in [2.05, 4.69) is 10.6 Å². The SMILES string of the molecule is CSCCC(NC(=O)c1ccc(Cl)cc1Cl)C(=O)NCc1ccccc1. The summed E-state index contributed by atoms with van der Waals surface area (Å²) in [6.45, 7) is 0.410. The smallest absolute Gasteiger partial charge is 0.253 e. The van der Waals surface area contributed by atoms with E-state index < -0.39 is 11.9 Å². The minimum Gasteiger partial charge on any atom is -0.350 e. The van der Waals surface area contributed by atoms with Crippen LogP contribution in [0.1, 0.15) is 22.3 Å². The van der Waals surface area contributed by atoms with Gasteiger partial charge in [0.15, 0.2) is 0 Å². The van der Waals surface area contributed by atoms with Crippen LogP contribution in [-0.2, 0) is 11.3 Å². The Hall–Kier alpha value is -1.69. The number of halogens is 2. The highest BCUT2D eigenvalue weighted by atomic mass is 35.5. The van der Waals surface area contributed by atoms with Gasteiger partial charge >= 0.3 is 0 Å². The molecule has 2 N–H and O–H groups in total. The third-order valence-corrected chi connectivity index (χ3v) is 4.91. The van der Waals surface area contributed by atoms with Crippen LogP contribution in [0, 0.1) is 0 Å². The van der Waals surface area contributed by atoms with Crippen LogP contribution in [0.4, 0.5) is 0 Å². The first-order chi connectivity index (χ1) is 12.5. The van der Waals surface area contributed by atoms with E-state index >= 15 is 0 Å². The predicted octanol–water partition coefficient (Wildman–Crippen LogP) is 4.16. The molecule has 4 nitrogen and oxygen atoms in total. The number of hydrogen-bond donors (Lipinski definition) is 2. The highest BCUT2D eigenvalue weighted by Gasteiger charge is 2.22. The van der Waals surface area contributed by atoms with Gasteiger partial charge in [0.25, 0.3) is 5.91 Å². The number of carbonyl (C=O) groups excluding carboxylic acids is 2. The predicted molar refractivity (Wildman–Crippen MR) is 109 cm³/mol. The van der Waals surface area contributed by atoms with E-state index in [9.17, 15) is 9.59 Å². The van der Waals surface area contributed by atoms with E-state index in [1.165, 1.54) is 6.07 Å². The molecule has 0 aliphatic rings. The van der Waals surface area contributed by atoms with Crippen molar-refractivity contribution >= 4 is 46.8 Å². The zero-order valence-electron chi connectivity index (χ0n) is 14.3. The largest absolute Gasteiger partial charge is 0.350 e. The van der Waals surface area contributed by atoms with Gasteiger partial charge in [0.2, 0.25) is 5.91 Å². The first-order valence-corrected chi connectivity index (χ1v) is 10.2. The lowest BCUT2D eigenvalue weighted by Gasteiger charge is -2.18. The van der Waals surface area contributed by atoms with Crippen LogP contribution in [0.15, 0.2) is 48.5 Å². The fourth-order valence-corrected chi connectivity index (χ4v) is 3.29. The van der Waals surface area contributed by atoms with Gasteiger partial charge in [-0.05, 0) is 42.2 Å². The van der Waals surface area contributed by atoms with Gasteiger partial charge in [-0.2, -0.15) is 11.8 Å². The van der Waals surface area contributed by atoms with Crippen molar-refractivity contribution in [2.24, 2.45) is 0 Å². The number of hydrogen-bond acceptors (Lipinski definition) is 3. The van der Waals surface area contributed by atoms with Crippen molar-refractivity contribution in [1.29, 1.82) is 0 Å². The summed E-state index contributed by atoms with van der Waals surface area (Å²) < 4.78 is 0. The molecule has 26 heavy (non-hydrogen) atoms. The molecule has 138 valence electrons. The van der Waals surface area contributed by atoms with Crippen molar-refractivity contribution < 1.29 is 9.59 Å². The van der Waals surface area contributed by atoms with Gasteiger partial charge in [-0.1, -0.05) is 53.5 Å². The summed E-state index contributed by atoms with van der Waals surface area (Å²) >= 11 is 13.6. The first kappa shape index (κ1) is 20.6. The molecule has 0 bridgehead atoms. The number of thioether (sulfide) groups is 1. The van der Waals surface area contributed by atoms with Crippen LogP contribution in [0.25, 0.3) is 0 Å². The van der Waals surface area contributed by atoms with Crippen molar-refractivity contribution in [3.8, 4) is 0 Å². The van der Waals surface area contributed by atoms with Crippen LogP contribution in [-0.4, -0.2) is 29.9 Å². The Morgan fingerprint density at radius 2 is 1.85 bits per heavy atom. The summed E-state index contributed by atoms with van der Waals surface area (Å²) in [6.07, 6.45) is 2.48. The zero-order chi connectivity index (χ0) is 18.9. The molecule has 2 aromatic carbocycles. The van der Waals surface area contributed by atoms with E-state index in [0.29, 0.717) is 23.6 Å². The number of rotatable bonds is 8. The van der Waals surface area contributed by atoms with E-state index in [4.69, 9.17) is 23.2 Å². The van der Waals surface area contributed by atoms with Gasteiger partial charge < -0.3 is 10.6 Å². The molecule has 2 aromatic rings. The third kappa shape index (κ3) is 6.24. The van der Waals surface area contributed by atoms with Crippen molar-refractivity contribution in [2.75, 3.05) is 12.0 Å². The highest BCUT2D eigenvalue weighted by molar-refractivity contribution is 7.98. The molecule has 0 saturated carbocycles. The molecule has 0 saturated heterocycles. The Morgan fingerprint density at radius 1 is 1.12 bits per heavy atom. The van der Waals surface area contributed by atoms with Crippen molar-refractivity contribution in [2.45, 2.75) is 19.0 Å². The highest BCUT2D eigenvalue weighted by Crippen LogP contribution is 2.21. The van der Waals surface area contributed by atoms with Crippen molar-refractivity contribution in [3.05, 3.63) is 69.7 Å². The van der Waals surface area contributed by atoms with Crippen molar-refractivity contribution in [3.63, 3.8) is 0 Å². The van der Waals surface area contributed by atoms with E-state index in [-0.39, 0.29) is 10.9 Å². The monoisotopic (exact) mass is 410 g/mol. The Morgan fingerprint density at radius 3 is 2.50 bits per heavy atom. The number of nitrogens with one attached hydrogen (secondary N) is 2. The molecular formula is C19H20Cl2N2O2S. The number of amides is 2. The Bertz CT molecular complexity index is 756. The molecule has 0 aromatic heterocycles. The van der Waals surface area contributed by atoms with Gasteiger partial charge in [-0.15, -0.1) is 0 Å². The molecule has 0 heterocycles. The summed E-state index contributed by atoms with van der Waals surface area (Å²) in [5, 5.41) is 6.35. The second kappa shape index (κ2) is 10.5. The number of carbonyl (C=O) groups is 2. The van der Waals surface area contributed by atoms with Crippen LogP contribution in [0.3, 0.4) is 0 Å². The standard InChI is InChI=1S/C19H20Cl2N2O2S/c1-26-10-9-17(19(25)22-12-13-5-3-2-4-6-13)23-18(24)15-8-7-14(20)11-16(15)21/h2-8,11,17H,9-10,12H2,1H3,(H,22,25)(H,23,24). The van der Waals surface area contributed by atoms with Crippen LogP contribution in [0.5, 0.6) is 0 Å². The molecule has 2 rings (SSSR count). The lowest BCUT2D eigenvalue weighted by molar-refractivity contribution is -0.123.